The van der Waals surface area contributed by atoms with Crippen molar-refractivity contribution < 1.29 is 9.47 Å². The smallest absolute Gasteiger partial charge is 0.137 e. The van der Waals surface area contributed by atoms with Crippen molar-refractivity contribution in [3.05, 3.63) is 60.3 Å². The van der Waals surface area contributed by atoms with E-state index < -0.39 is 5.54 Å². The summed E-state index contributed by atoms with van der Waals surface area (Å²) in [6.45, 7) is 2.93. The van der Waals surface area contributed by atoms with Gasteiger partial charge < -0.3 is 20.5 Å². The van der Waals surface area contributed by atoms with Crippen molar-refractivity contribution in [2.45, 2.75) is 12.5 Å². The van der Waals surface area contributed by atoms with Gasteiger partial charge in [0.1, 0.15) is 23.7 Å². The fraction of sp³-hybridized carbons (Fsp3) is 0.238. The van der Waals surface area contributed by atoms with E-state index in [0.717, 1.165) is 33.6 Å². The maximum absolute atomic E-state index is 5.89. The van der Waals surface area contributed by atoms with Crippen LogP contribution in [0.3, 0.4) is 0 Å². The molecule has 1 aliphatic heterocycles. The minimum Gasteiger partial charge on any atom is -0.495 e. The molecule has 0 amide bonds. The molecule has 2 heterocycles. The van der Waals surface area contributed by atoms with Gasteiger partial charge >= 0.3 is 0 Å². The van der Waals surface area contributed by atoms with Crippen molar-refractivity contribution in [1.29, 1.82) is 0 Å². The molecule has 6 heteroatoms. The van der Waals surface area contributed by atoms with Crippen LogP contribution in [0, 0.1) is 0 Å². The van der Waals surface area contributed by atoms with Crippen molar-refractivity contribution in [2.75, 3.05) is 25.6 Å². The quantitative estimate of drug-likeness (QED) is 0.741. The molecule has 1 aliphatic rings. The van der Waals surface area contributed by atoms with Gasteiger partial charge in [0.05, 0.1) is 31.1 Å². The lowest BCUT2D eigenvalue weighted by atomic mass is 9.92. The zero-order valence-corrected chi connectivity index (χ0v) is 15.4. The number of aromatic nitrogens is 1. The molecule has 3 N–H and O–H groups in total. The highest BCUT2D eigenvalue weighted by Crippen LogP contribution is 2.32. The number of hydrogen-bond donors (Lipinski definition) is 2. The summed E-state index contributed by atoms with van der Waals surface area (Å²) in [5.74, 6) is 1.26. The van der Waals surface area contributed by atoms with Crippen LogP contribution in [-0.2, 0) is 10.3 Å². The van der Waals surface area contributed by atoms with E-state index in [1.54, 1.807) is 13.3 Å². The Morgan fingerprint density at radius 1 is 1.19 bits per heavy atom. The van der Waals surface area contributed by atoms with Crippen molar-refractivity contribution >= 4 is 28.1 Å². The van der Waals surface area contributed by atoms with E-state index in [1.807, 2.05) is 49.4 Å². The summed E-state index contributed by atoms with van der Waals surface area (Å²) < 4.78 is 10.9. The molecule has 138 valence electrons. The summed E-state index contributed by atoms with van der Waals surface area (Å²) in [7, 11) is 1.64. The van der Waals surface area contributed by atoms with Crippen LogP contribution >= 0.6 is 0 Å². The van der Waals surface area contributed by atoms with E-state index >= 15 is 0 Å². The van der Waals surface area contributed by atoms with Crippen LogP contribution in [-0.4, -0.2) is 31.1 Å². The first-order valence-corrected chi connectivity index (χ1v) is 8.80. The predicted molar refractivity (Wildman–Crippen MR) is 108 cm³/mol. The van der Waals surface area contributed by atoms with Crippen LogP contribution in [0.2, 0.25) is 0 Å². The summed E-state index contributed by atoms with van der Waals surface area (Å²) in [6.07, 6.45) is 1.72. The molecule has 0 aliphatic carbocycles. The number of para-hydroxylation sites is 1. The van der Waals surface area contributed by atoms with Crippen LogP contribution in [0.15, 0.2) is 59.7 Å². The van der Waals surface area contributed by atoms with Gasteiger partial charge in [-0.1, -0.05) is 24.3 Å². The van der Waals surface area contributed by atoms with Gasteiger partial charge in [0.2, 0.25) is 0 Å². The van der Waals surface area contributed by atoms with Gasteiger partial charge in [-0.15, -0.1) is 0 Å². The molecular weight excluding hydrogens is 340 g/mol. The second kappa shape index (κ2) is 6.89. The van der Waals surface area contributed by atoms with Gasteiger partial charge in [0, 0.05) is 11.1 Å². The highest BCUT2D eigenvalue weighted by Gasteiger charge is 2.30. The number of benzene rings is 2. The number of methoxy groups -OCH3 is 1. The molecule has 27 heavy (non-hydrogen) atoms. The number of nitrogens with one attached hydrogen (secondary N) is 1. The SMILES string of the molecule is COc1cnc2c(Nc3cccc(C4(C)COCC(N)=N4)c3)cccc2c1. The summed E-state index contributed by atoms with van der Waals surface area (Å²) in [6, 6.07) is 16.1. The molecule has 1 aromatic heterocycles. The van der Waals surface area contributed by atoms with E-state index in [4.69, 9.17) is 15.2 Å². The van der Waals surface area contributed by atoms with Crippen molar-refractivity contribution in [1.82, 2.24) is 4.98 Å². The first kappa shape index (κ1) is 17.3. The molecule has 3 aromatic rings. The first-order valence-electron chi connectivity index (χ1n) is 8.80. The van der Waals surface area contributed by atoms with E-state index in [2.05, 4.69) is 21.4 Å². The van der Waals surface area contributed by atoms with Crippen molar-refractivity contribution in [2.24, 2.45) is 10.7 Å². The third-order valence-corrected chi connectivity index (χ3v) is 4.71. The number of hydrogen-bond acceptors (Lipinski definition) is 6. The molecule has 2 aromatic carbocycles. The highest BCUT2D eigenvalue weighted by molar-refractivity contribution is 5.92. The molecule has 1 unspecified atom stereocenters. The number of amidine groups is 1. The summed E-state index contributed by atoms with van der Waals surface area (Å²) in [4.78, 5) is 9.16. The monoisotopic (exact) mass is 362 g/mol. The second-order valence-electron chi connectivity index (χ2n) is 6.83. The molecule has 0 saturated heterocycles. The number of pyridine rings is 1. The first-order chi connectivity index (χ1) is 13.1. The summed E-state index contributed by atoms with van der Waals surface area (Å²) >= 11 is 0. The lowest BCUT2D eigenvalue weighted by Gasteiger charge is -2.30. The Labute approximate surface area is 158 Å². The predicted octanol–water partition coefficient (Wildman–Crippen LogP) is 3.59. The Bertz CT molecular complexity index is 1020. The highest BCUT2D eigenvalue weighted by atomic mass is 16.5. The van der Waals surface area contributed by atoms with Gasteiger partial charge in [0.25, 0.3) is 0 Å². The summed E-state index contributed by atoms with van der Waals surface area (Å²) in [5, 5.41) is 4.48. The van der Waals surface area contributed by atoms with E-state index in [1.165, 1.54) is 0 Å². The molecule has 0 fully saturated rings. The average molecular weight is 362 g/mol. The third-order valence-electron chi connectivity index (χ3n) is 4.71. The Balaban J connectivity index is 1.68. The minimum atomic E-state index is -0.482. The number of aliphatic imine (C=N–C) groups is 1. The van der Waals surface area contributed by atoms with Crippen molar-refractivity contribution in [3.63, 3.8) is 0 Å². The van der Waals surface area contributed by atoms with Crippen LogP contribution in [0.25, 0.3) is 10.9 Å². The molecule has 6 nitrogen and oxygen atoms in total. The van der Waals surface area contributed by atoms with Gasteiger partial charge in [-0.25, -0.2) is 0 Å². The Kier molecular flexibility index (Phi) is 4.41. The largest absolute Gasteiger partial charge is 0.495 e. The number of nitrogens with two attached hydrogens (primary N) is 1. The van der Waals surface area contributed by atoms with Crippen LogP contribution in [0.4, 0.5) is 11.4 Å². The third kappa shape index (κ3) is 3.44. The lowest BCUT2D eigenvalue weighted by molar-refractivity contribution is 0.106. The average Bonchev–Trinajstić information content (AvgIpc) is 2.68. The van der Waals surface area contributed by atoms with Crippen LogP contribution in [0.1, 0.15) is 12.5 Å². The molecular formula is C21H22N4O2. The Morgan fingerprint density at radius 3 is 2.85 bits per heavy atom. The zero-order valence-electron chi connectivity index (χ0n) is 15.4. The number of fused-ring (bicyclic) bond motifs is 1. The number of ether oxygens (including phenoxy) is 2. The maximum Gasteiger partial charge on any atom is 0.137 e. The van der Waals surface area contributed by atoms with Gasteiger partial charge in [-0.3, -0.25) is 9.98 Å². The fourth-order valence-electron chi connectivity index (χ4n) is 3.32. The maximum atomic E-state index is 5.89. The molecule has 0 bridgehead atoms. The van der Waals surface area contributed by atoms with Crippen LogP contribution < -0.4 is 15.8 Å². The molecule has 0 radical (unpaired) electrons. The Morgan fingerprint density at radius 2 is 2.04 bits per heavy atom. The Hall–Kier alpha value is -3.12. The number of nitrogens with zero attached hydrogens (tertiary/aromatic N) is 2. The molecule has 4 rings (SSSR count). The second-order valence-corrected chi connectivity index (χ2v) is 6.83. The van der Waals surface area contributed by atoms with Gasteiger partial charge in [-0.05, 0) is 36.8 Å². The van der Waals surface area contributed by atoms with Gasteiger partial charge in [0.15, 0.2) is 0 Å². The minimum absolute atomic E-state index is 0.388. The van der Waals surface area contributed by atoms with E-state index in [-0.39, 0.29) is 0 Å². The van der Waals surface area contributed by atoms with Gasteiger partial charge in [-0.2, -0.15) is 0 Å². The fourth-order valence-corrected chi connectivity index (χ4v) is 3.32. The normalized spacial score (nSPS) is 19.6. The topological polar surface area (TPSA) is 81.8 Å². The standard InChI is InChI=1S/C21H22N4O2/c1-21(13-27-12-19(22)25-21)15-6-4-7-16(10-15)24-18-8-3-5-14-9-17(26-2)11-23-20(14)18/h3-11,24H,12-13H2,1-2H3,(H2,22,25). The van der Waals surface area contributed by atoms with E-state index in [0.29, 0.717) is 19.0 Å². The molecule has 0 spiro atoms. The summed E-state index contributed by atoms with van der Waals surface area (Å²) in [5.41, 5.74) is 9.23. The number of anilines is 2. The van der Waals surface area contributed by atoms with E-state index in [9.17, 15) is 0 Å². The molecule has 0 saturated carbocycles. The van der Waals surface area contributed by atoms with Crippen LogP contribution in [0.5, 0.6) is 5.75 Å². The lowest BCUT2D eigenvalue weighted by Crippen LogP contribution is -2.37. The number of rotatable bonds is 4. The van der Waals surface area contributed by atoms with Crippen molar-refractivity contribution in [3.8, 4) is 5.75 Å². The zero-order chi connectivity index (χ0) is 18.9. The molecule has 1 atom stereocenters.